The van der Waals surface area contributed by atoms with Gasteiger partial charge in [-0.15, -0.1) is 0 Å². The molecule has 0 heterocycles. The van der Waals surface area contributed by atoms with Gasteiger partial charge in [0.1, 0.15) is 0 Å². The summed E-state index contributed by atoms with van der Waals surface area (Å²) in [5, 5.41) is 2.84. The van der Waals surface area contributed by atoms with Crippen LogP contribution in [0.2, 0.25) is 0 Å². The first-order valence-corrected chi connectivity index (χ1v) is 7.01. The molecular weight excluding hydrogens is 284 g/mol. The van der Waals surface area contributed by atoms with Crippen molar-refractivity contribution in [1.82, 2.24) is 5.32 Å². The molecule has 108 valence electrons. The lowest BCUT2D eigenvalue weighted by atomic mass is 10.2. The van der Waals surface area contributed by atoms with E-state index in [-0.39, 0.29) is 5.11 Å². The van der Waals surface area contributed by atoms with E-state index >= 15 is 0 Å². The third kappa shape index (κ3) is 4.03. The van der Waals surface area contributed by atoms with E-state index in [0.29, 0.717) is 6.61 Å². The number of alkyl carbamates (subject to hydrolysis) is 1. The Morgan fingerprint density at radius 3 is 1.95 bits per heavy atom. The zero-order valence-electron chi connectivity index (χ0n) is 11.7. The zero-order valence-corrected chi connectivity index (χ0v) is 12.5. The average Bonchev–Trinajstić information content (AvgIpc) is 2.50. The quantitative estimate of drug-likeness (QED) is 0.874. The summed E-state index contributed by atoms with van der Waals surface area (Å²) in [5.41, 5.74) is 1.73. The molecule has 2 rings (SSSR count). The molecule has 0 atom stereocenters. The van der Waals surface area contributed by atoms with Crippen molar-refractivity contribution in [1.29, 1.82) is 0 Å². The number of carbonyl (C=O) groups is 1. The molecule has 0 saturated heterocycles. The summed E-state index contributed by atoms with van der Waals surface area (Å²) < 4.78 is 4.87. The van der Waals surface area contributed by atoms with E-state index in [0.717, 1.165) is 11.4 Å². The number of nitrogens with one attached hydrogen (secondary N) is 1. The molecule has 1 N–H and O–H groups in total. The van der Waals surface area contributed by atoms with Gasteiger partial charge in [0.2, 0.25) is 0 Å². The lowest BCUT2D eigenvalue weighted by molar-refractivity contribution is 0.158. The molecule has 1 amide bonds. The first-order chi connectivity index (χ1) is 10.2. The van der Waals surface area contributed by atoms with Gasteiger partial charge in [0.15, 0.2) is 5.11 Å². The average molecular weight is 300 g/mol. The summed E-state index contributed by atoms with van der Waals surface area (Å²) in [6.07, 6.45) is -0.556. The first-order valence-electron chi connectivity index (χ1n) is 6.60. The highest BCUT2D eigenvalue weighted by Crippen LogP contribution is 2.24. The third-order valence-electron chi connectivity index (χ3n) is 2.72. The molecule has 4 nitrogen and oxygen atoms in total. The topological polar surface area (TPSA) is 41.6 Å². The molecule has 0 aromatic heterocycles. The van der Waals surface area contributed by atoms with Crippen molar-refractivity contribution in [2.45, 2.75) is 6.92 Å². The van der Waals surface area contributed by atoms with Crippen LogP contribution in [0.4, 0.5) is 16.2 Å². The summed E-state index contributed by atoms with van der Waals surface area (Å²) in [4.78, 5) is 13.4. The number of rotatable bonds is 3. The molecule has 0 aliphatic heterocycles. The molecule has 2 aromatic rings. The highest BCUT2D eigenvalue weighted by molar-refractivity contribution is 7.80. The SMILES string of the molecule is CCOC(=O)NC(=S)N(c1ccccc1)c1ccccc1. The molecule has 0 radical (unpaired) electrons. The molecule has 2 aromatic carbocycles. The summed E-state index contributed by atoms with van der Waals surface area (Å²) in [5.74, 6) is 0. The Labute approximate surface area is 129 Å². The van der Waals surface area contributed by atoms with Gasteiger partial charge in [0, 0.05) is 11.4 Å². The number of carbonyl (C=O) groups excluding carboxylic acids is 1. The second kappa shape index (κ2) is 7.40. The van der Waals surface area contributed by atoms with Crippen molar-refractivity contribution in [3.8, 4) is 0 Å². The van der Waals surface area contributed by atoms with Gasteiger partial charge >= 0.3 is 6.09 Å². The lowest BCUT2D eigenvalue weighted by Crippen LogP contribution is -2.40. The molecule has 0 aliphatic carbocycles. The van der Waals surface area contributed by atoms with E-state index in [2.05, 4.69) is 5.32 Å². The first kappa shape index (κ1) is 15.0. The van der Waals surface area contributed by atoms with Gasteiger partial charge < -0.3 is 4.74 Å². The fourth-order valence-corrected chi connectivity index (χ4v) is 2.14. The van der Waals surface area contributed by atoms with Gasteiger partial charge in [-0.25, -0.2) is 4.79 Å². The van der Waals surface area contributed by atoms with Gasteiger partial charge in [-0.2, -0.15) is 0 Å². The normalized spacial score (nSPS) is 9.76. The minimum Gasteiger partial charge on any atom is -0.450 e. The Hall–Kier alpha value is -2.40. The summed E-state index contributed by atoms with van der Waals surface area (Å²) in [7, 11) is 0. The van der Waals surface area contributed by atoms with Crippen LogP contribution in [0.15, 0.2) is 60.7 Å². The predicted molar refractivity (Wildman–Crippen MR) is 87.8 cm³/mol. The maximum atomic E-state index is 11.6. The lowest BCUT2D eigenvalue weighted by Gasteiger charge is -2.25. The van der Waals surface area contributed by atoms with Crippen molar-refractivity contribution in [3.05, 3.63) is 60.7 Å². The van der Waals surface area contributed by atoms with E-state index in [9.17, 15) is 4.79 Å². The van der Waals surface area contributed by atoms with Crippen LogP contribution in [-0.2, 0) is 4.74 Å². The molecular formula is C16H16N2O2S. The number of para-hydroxylation sites is 2. The molecule has 0 saturated carbocycles. The van der Waals surface area contributed by atoms with Crippen LogP contribution in [0.1, 0.15) is 6.92 Å². The summed E-state index contributed by atoms with van der Waals surface area (Å²) in [6, 6.07) is 19.2. The highest BCUT2D eigenvalue weighted by Gasteiger charge is 2.16. The number of benzene rings is 2. The molecule has 0 fully saturated rings. The number of amides is 1. The van der Waals surface area contributed by atoms with Crippen molar-refractivity contribution >= 4 is 34.8 Å². The minimum atomic E-state index is -0.556. The second-order valence-electron chi connectivity index (χ2n) is 4.16. The van der Waals surface area contributed by atoms with Crippen molar-refractivity contribution in [3.63, 3.8) is 0 Å². The number of anilines is 2. The number of nitrogens with zero attached hydrogens (tertiary/aromatic N) is 1. The van der Waals surface area contributed by atoms with Crippen molar-refractivity contribution in [2.24, 2.45) is 0 Å². The smallest absolute Gasteiger partial charge is 0.413 e. The molecule has 21 heavy (non-hydrogen) atoms. The fraction of sp³-hybridized carbons (Fsp3) is 0.125. The molecule has 0 spiro atoms. The Morgan fingerprint density at radius 2 is 1.52 bits per heavy atom. The van der Waals surface area contributed by atoms with Crippen molar-refractivity contribution in [2.75, 3.05) is 11.5 Å². The van der Waals surface area contributed by atoms with Gasteiger partial charge in [-0.3, -0.25) is 10.2 Å². The van der Waals surface area contributed by atoms with E-state index < -0.39 is 6.09 Å². The molecule has 5 heteroatoms. The van der Waals surface area contributed by atoms with Crippen LogP contribution in [0.25, 0.3) is 0 Å². The largest absolute Gasteiger partial charge is 0.450 e. The Bertz CT molecular complexity index is 563. The molecule has 0 aliphatic rings. The maximum Gasteiger partial charge on any atom is 0.413 e. The van der Waals surface area contributed by atoms with Gasteiger partial charge in [0.25, 0.3) is 0 Å². The minimum absolute atomic E-state index is 0.269. The van der Waals surface area contributed by atoms with E-state index in [1.807, 2.05) is 60.7 Å². The predicted octanol–water partition coefficient (Wildman–Crippen LogP) is 3.86. The van der Waals surface area contributed by atoms with Crippen LogP contribution >= 0.6 is 12.2 Å². The zero-order chi connectivity index (χ0) is 15.1. The van der Waals surface area contributed by atoms with E-state index in [1.54, 1.807) is 11.8 Å². The number of hydrogen-bond acceptors (Lipinski definition) is 3. The van der Waals surface area contributed by atoms with Crippen molar-refractivity contribution < 1.29 is 9.53 Å². The standard InChI is InChI=1S/C16H16N2O2S/c1-2-20-16(19)17-15(21)18(13-9-5-3-6-10-13)14-11-7-4-8-12-14/h3-12H,2H2,1H3,(H,17,19,21). The second-order valence-corrected chi connectivity index (χ2v) is 4.54. The van der Waals surface area contributed by atoms with Crippen LogP contribution in [0.3, 0.4) is 0 Å². The van der Waals surface area contributed by atoms with Gasteiger partial charge in [-0.1, -0.05) is 36.4 Å². The Morgan fingerprint density at radius 1 is 1.05 bits per heavy atom. The van der Waals surface area contributed by atoms with E-state index in [4.69, 9.17) is 17.0 Å². The summed E-state index contributed by atoms with van der Waals surface area (Å²) in [6.45, 7) is 2.04. The Kier molecular flexibility index (Phi) is 5.29. The highest BCUT2D eigenvalue weighted by atomic mass is 32.1. The van der Waals surface area contributed by atoms with Crippen LogP contribution in [0.5, 0.6) is 0 Å². The number of ether oxygens (including phenoxy) is 1. The van der Waals surface area contributed by atoms with E-state index in [1.165, 1.54) is 0 Å². The third-order valence-corrected chi connectivity index (χ3v) is 3.00. The molecule has 0 bridgehead atoms. The summed E-state index contributed by atoms with van der Waals surface area (Å²) >= 11 is 5.34. The monoisotopic (exact) mass is 300 g/mol. The van der Waals surface area contributed by atoms with Gasteiger partial charge in [0.05, 0.1) is 6.61 Å². The number of hydrogen-bond donors (Lipinski definition) is 1. The fourth-order valence-electron chi connectivity index (χ4n) is 1.85. The molecule has 0 unspecified atom stereocenters. The van der Waals surface area contributed by atoms with Crippen LogP contribution < -0.4 is 10.2 Å². The maximum absolute atomic E-state index is 11.6. The van der Waals surface area contributed by atoms with Gasteiger partial charge in [-0.05, 0) is 43.4 Å². The van der Waals surface area contributed by atoms with Crippen LogP contribution in [-0.4, -0.2) is 17.8 Å². The number of thiocarbonyl (C=S) groups is 1. The Balaban J connectivity index is 2.29. The van der Waals surface area contributed by atoms with Crippen LogP contribution in [0, 0.1) is 0 Å².